The third-order valence-electron chi connectivity index (χ3n) is 5.42. The molecule has 2 unspecified atom stereocenters. The minimum atomic E-state index is -3.64. The van der Waals surface area contributed by atoms with Crippen LogP contribution in [0.4, 0.5) is 5.69 Å². The predicted octanol–water partition coefficient (Wildman–Crippen LogP) is 4.15. The molecule has 1 aliphatic rings. The second-order valence-corrected chi connectivity index (χ2v) is 10.1. The second kappa shape index (κ2) is 8.16. The lowest BCUT2D eigenvalue weighted by atomic mass is 9.94. The largest absolute Gasteiger partial charge is 0.321 e. The first-order chi connectivity index (χ1) is 14.3. The maximum atomic E-state index is 13.1. The van der Waals surface area contributed by atoms with Crippen LogP contribution in [0, 0.1) is 11.8 Å². The normalized spacial score (nSPS) is 20.2. The summed E-state index contributed by atoms with van der Waals surface area (Å²) in [6.45, 7) is 5.15. The molecule has 7 heteroatoms. The van der Waals surface area contributed by atoms with Crippen LogP contribution in [-0.4, -0.2) is 36.7 Å². The zero-order chi connectivity index (χ0) is 21.3. The van der Waals surface area contributed by atoms with Crippen LogP contribution in [0.2, 0.25) is 0 Å². The number of amides is 1. The van der Waals surface area contributed by atoms with Crippen molar-refractivity contribution < 1.29 is 13.2 Å². The number of nitrogens with one attached hydrogen (secondary N) is 1. The van der Waals surface area contributed by atoms with Crippen LogP contribution in [0.5, 0.6) is 0 Å². The van der Waals surface area contributed by atoms with Crippen molar-refractivity contribution in [2.24, 2.45) is 11.8 Å². The van der Waals surface area contributed by atoms with Gasteiger partial charge in [0, 0.05) is 24.0 Å². The van der Waals surface area contributed by atoms with Gasteiger partial charge in [0.05, 0.1) is 22.3 Å². The van der Waals surface area contributed by atoms with Gasteiger partial charge in [0.2, 0.25) is 10.0 Å². The van der Waals surface area contributed by atoms with E-state index < -0.39 is 10.0 Å². The first kappa shape index (κ1) is 20.5. The van der Waals surface area contributed by atoms with Gasteiger partial charge in [-0.25, -0.2) is 8.42 Å². The molecule has 1 aromatic heterocycles. The summed E-state index contributed by atoms with van der Waals surface area (Å²) < 4.78 is 27.8. The molecule has 1 amide bonds. The molecule has 30 heavy (non-hydrogen) atoms. The number of rotatable bonds is 4. The number of para-hydroxylation sites is 1. The molecular weight excluding hydrogens is 398 g/mol. The summed E-state index contributed by atoms with van der Waals surface area (Å²) >= 11 is 0. The lowest BCUT2D eigenvalue weighted by Crippen LogP contribution is -2.42. The molecule has 2 heterocycles. The fraction of sp³-hybridized carbons (Fsp3) is 0.304. The molecule has 0 saturated carbocycles. The van der Waals surface area contributed by atoms with Crippen LogP contribution >= 0.6 is 0 Å². The first-order valence-electron chi connectivity index (χ1n) is 10.1. The van der Waals surface area contributed by atoms with Gasteiger partial charge in [-0.2, -0.15) is 4.31 Å². The third-order valence-corrected chi connectivity index (χ3v) is 7.25. The summed E-state index contributed by atoms with van der Waals surface area (Å²) in [7, 11) is -3.64. The maximum absolute atomic E-state index is 13.1. The molecule has 6 nitrogen and oxygen atoms in total. The van der Waals surface area contributed by atoms with Crippen molar-refractivity contribution >= 4 is 32.5 Å². The quantitative estimate of drug-likeness (QED) is 0.684. The first-order valence-corrected chi connectivity index (χ1v) is 11.5. The third kappa shape index (κ3) is 4.22. The van der Waals surface area contributed by atoms with Crippen LogP contribution in [0.25, 0.3) is 10.9 Å². The summed E-state index contributed by atoms with van der Waals surface area (Å²) in [5.74, 6) is 0.260. The van der Waals surface area contributed by atoms with Gasteiger partial charge in [-0.05, 0) is 48.6 Å². The smallest absolute Gasteiger partial charge is 0.255 e. The number of carbonyl (C=O) groups is 1. The molecule has 0 spiro atoms. The number of hydrogen-bond donors (Lipinski definition) is 1. The molecule has 3 aromatic rings. The van der Waals surface area contributed by atoms with E-state index in [1.54, 1.807) is 24.4 Å². The number of piperidine rings is 1. The van der Waals surface area contributed by atoms with Crippen LogP contribution in [-0.2, 0) is 10.0 Å². The molecule has 2 atom stereocenters. The van der Waals surface area contributed by atoms with E-state index in [-0.39, 0.29) is 10.8 Å². The average Bonchev–Trinajstić information content (AvgIpc) is 2.73. The standard InChI is InChI=1S/C23H25N3O3S/c1-16-10-17(2)15-26(14-16)30(28,29)21-8-5-7-19(12-21)23(27)25-20-11-18-6-3-4-9-22(18)24-13-20/h3-9,11-13,16-17H,10,14-15H2,1-2H3,(H,25,27). The Morgan fingerprint density at radius 3 is 2.53 bits per heavy atom. The Bertz CT molecular complexity index is 1180. The molecule has 156 valence electrons. The van der Waals surface area contributed by atoms with E-state index in [9.17, 15) is 13.2 Å². The second-order valence-electron chi connectivity index (χ2n) is 8.17. The fourth-order valence-corrected chi connectivity index (χ4v) is 5.82. The van der Waals surface area contributed by atoms with Crippen molar-refractivity contribution in [1.82, 2.24) is 9.29 Å². The van der Waals surface area contributed by atoms with Gasteiger partial charge >= 0.3 is 0 Å². The number of pyridine rings is 1. The Labute approximate surface area is 177 Å². The highest BCUT2D eigenvalue weighted by Crippen LogP contribution is 2.27. The van der Waals surface area contributed by atoms with Gasteiger partial charge in [0.15, 0.2) is 0 Å². The van der Waals surface area contributed by atoms with Crippen molar-refractivity contribution in [3.05, 3.63) is 66.4 Å². The van der Waals surface area contributed by atoms with Crippen molar-refractivity contribution in [2.75, 3.05) is 18.4 Å². The maximum Gasteiger partial charge on any atom is 0.255 e. The average molecular weight is 424 g/mol. The number of anilines is 1. The number of hydrogen-bond acceptors (Lipinski definition) is 4. The van der Waals surface area contributed by atoms with E-state index in [0.29, 0.717) is 36.2 Å². The van der Waals surface area contributed by atoms with Crippen LogP contribution in [0.15, 0.2) is 65.7 Å². The fourth-order valence-electron chi connectivity index (χ4n) is 4.09. The Balaban J connectivity index is 1.56. The Morgan fingerprint density at radius 2 is 1.77 bits per heavy atom. The summed E-state index contributed by atoms with van der Waals surface area (Å²) in [6, 6.07) is 15.7. The molecule has 2 aromatic carbocycles. The topological polar surface area (TPSA) is 79.4 Å². The van der Waals surface area contributed by atoms with Crippen molar-refractivity contribution in [2.45, 2.75) is 25.2 Å². The van der Waals surface area contributed by atoms with Crippen molar-refractivity contribution in [1.29, 1.82) is 0 Å². The highest BCUT2D eigenvalue weighted by Gasteiger charge is 2.32. The molecule has 1 fully saturated rings. The van der Waals surface area contributed by atoms with Gasteiger partial charge in [-0.1, -0.05) is 38.1 Å². The van der Waals surface area contributed by atoms with Crippen LogP contribution < -0.4 is 5.32 Å². The van der Waals surface area contributed by atoms with Gasteiger partial charge in [-0.3, -0.25) is 9.78 Å². The summed E-state index contributed by atoms with van der Waals surface area (Å²) in [5.41, 5.74) is 1.70. The van der Waals surface area contributed by atoms with Gasteiger partial charge < -0.3 is 5.32 Å². The zero-order valence-electron chi connectivity index (χ0n) is 17.1. The molecular formula is C23H25N3O3S. The SMILES string of the molecule is CC1CC(C)CN(S(=O)(=O)c2cccc(C(=O)Nc3cnc4ccccc4c3)c2)C1. The van der Waals surface area contributed by atoms with E-state index in [2.05, 4.69) is 24.1 Å². The van der Waals surface area contributed by atoms with E-state index in [4.69, 9.17) is 0 Å². The summed E-state index contributed by atoms with van der Waals surface area (Å²) in [5, 5.41) is 3.73. The Hall–Kier alpha value is -2.77. The molecule has 0 bridgehead atoms. The number of benzene rings is 2. The lowest BCUT2D eigenvalue weighted by molar-refractivity contribution is 0.102. The van der Waals surface area contributed by atoms with Crippen molar-refractivity contribution in [3.63, 3.8) is 0 Å². The van der Waals surface area contributed by atoms with Crippen LogP contribution in [0.3, 0.4) is 0 Å². The van der Waals surface area contributed by atoms with Gasteiger partial charge in [0.25, 0.3) is 5.91 Å². The Kier molecular flexibility index (Phi) is 5.58. The number of sulfonamides is 1. The molecule has 1 saturated heterocycles. The Morgan fingerprint density at radius 1 is 1.03 bits per heavy atom. The van der Waals surface area contributed by atoms with Crippen LogP contribution in [0.1, 0.15) is 30.6 Å². The van der Waals surface area contributed by atoms with E-state index in [1.165, 1.54) is 10.4 Å². The monoisotopic (exact) mass is 423 g/mol. The van der Waals surface area contributed by atoms with E-state index in [0.717, 1.165) is 17.3 Å². The molecule has 1 N–H and O–H groups in total. The van der Waals surface area contributed by atoms with E-state index in [1.807, 2.05) is 30.3 Å². The summed E-state index contributed by atoms with van der Waals surface area (Å²) in [6.07, 6.45) is 2.62. The van der Waals surface area contributed by atoms with Gasteiger partial charge in [0.1, 0.15) is 0 Å². The molecule has 4 rings (SSSR count). The lowest BCUT2D eigenvalue weighted by Gasteiger charge is -2.34. The minimum Gasteiger partial charge on any atom is -0.321 e. The zero-order valence-corrected chi connectivity index (χ0v) is 17.9. The molecule has 0 aliphatic carbocycles. The highest BCUT2D eigenvalue weighted by molar-refractivity contribution is 7.89. The number of fused-ring (bicyclic) bond motifs is 1. The molecule has 1 aliphatic heterocycles. The summed E-state index contributed by atoms with van der Waals surface area (Å²) in [4.78, 5) is 17.3. The predicted molar refractivity (Wildman–Crippen MR) is 118 cm³/mol. The highest BCUT2D eigenvalue weighted by atomic mass is 32.2. The minimum absolute atomic E-state index is 0.146. The van der Waals surface area contributed by atoms with Gasteiger partial charge in [-0.15, -0.1) is 0 Å². The van der Waals surface area contributed by atoms with Crippen molar-refractivity contribution in [3.8, 4) is 0 Å². The number of carbonyl (C=O) groups excluding carboxylic acids is 1. The number of nitrogens with zero attached hydrogens (tertiary/aromatic N) is 2. The number of aromatic nitrogens is 1. The molecule has 0 radical (unpaired) electrons. The van der Waals surface area contributed by atoms with E-state index >= 15 is 0 Å².